The predicted octanol–water partition coefficient (Wildman–Crippen LogP) is 3.35. The van der Waals surface area contributed by atoms with E-state index in [0.717, 1.165) is 42.6 Å². The fourth-order valence-electron chi connectivity index (χ4n) is 2.38. The van der Waals surface area contributed by atoms with Crippen molar-refractivity contribution in [2.75, 3.05) is 18.0 Å². The molecule has 0 spiro atoms. The lowest BCUT2D eigenvalue weighted by molar-refractivity contribution is -0.121. The van der Waals surface area contributed by atoms with Crippen molar-refractivity contribution in [3.05, 3.63) is 29.3 Å². The minimum Gasteiger partial charge on any atom is -0.356 e. The second kappa shape index (κ2) is 9.23. The minimum atomic E-state index is -0.0347. The van der Waals surface area contributed by atoms with Gasteiger partial charge in [-0.3, -0.25) is 9.59 Å². The van der Waals surface area contributed by atoms with Crippen LogP contribution < -0.4 is 10.2 Å². The highest BCUT2D eigenvalue weighted by atomic mass is 16.2. The number of anilines is 1. The van der Waals surface area contributed by atoms with Gasteiger partial charge in [0.15, 0.2) is 0 Å². The van der Waals surface area contributed by atoms with E-state index in [1.165, 1.54) is 0 Å². The van der Waals surface area contributed by atoms with E-state index in [4.69, 9.17) is 0 Å². The number of rotatable bonds is 8. The van der Waals surface area contributed by atoms with Crippen LogP contribution in [0, 0.1) is 13.8 Å². The van der Waals surface area contributed by atoms with Crippen LogP contribution in [0.25, 0.3) is 0 Å². The Morgan fingerprint density at radius 3 is 2.55 bits per heavy atom. The number of nitrogens with one attached hydrogen (secondary N) is 1. The molecule has 0 aromatic heterocycles. The molecule has 1 aromatic rings. The van der Waals surface area contributed by atoms with Gasteiger partial charge in [0.2, 0.25) is 11.8 Å². The first-order chi connectivity index (χ1) is 10.5. The number of hydrogen-bond donors (Lipinski definition) is 1. The van der Waals surface area contributed by atoms with E-state index in [2.05, 4.69) is 12.2 Å². The smallest absolute Gasteiger partial charge is 0.223 e. The Bertz CT molecular complexity index is 512. The van der Waals surface area contributed by atoms with Crippen molar-refractivity contribution in [2.24, 2.45) is 0 Å². The molecule has 4 nitrogen and oxygen atoms in total. The Labute approximate surface area is 133 Å². The lowest BCUT2D eigenvalue weighted by Crippen LogP contribution is -2.34. The standard InChI is InChI=1S/C18H28N2O2/c1-5-6-7-12-19-18(22)11-13-20(16(4)21)17-10-8-9-14(2)15(17)3/h8-10H,5-7,11-13H2,1-4H3,(H,19,22). The molecule has 0 aliphatic heterocycles. The number of nitrogens with zero attached hydrogens (tertiary/aromatic N) is 1. The van der Waals surface area contributed by atoms with E-state index in [1.54, 1.807) is 11.8 Å². The molecule has 1 aromatic carbocycles. The molecule has 0 saturated heterocycles. The lowest BCUT2D eigenvalue weighted by Gasteiger charge is -2.23. The van der Waals surface area contributed by atoms with E-state index >= 15 is 0 Å². The molecule has 0 saturated carbocycles. The number of hydrogen-bond acceptors (Lipinski definition) is 2. The number of carbonyl (C=O) groups is 2. The third-order valence-electron chi connectivity index (χ3n) is 3.91. The molecule has 22 heavy (non-hydrogen) atoms. The molecule has 0 unspecified atom stereocenters. The van der Waals surface area contributed by atoms with Gasteiger partial charge in [-0.25, -0.2) is 0 Å². The van der Waals surface area contributed by atoms with Crippen molar-refractivity contribution in [1.82, 2.24) is 5.32 Å². The first-order valence-electron chi connectivity index (χ1n) is 8.08. The monoisotopic (exact) mass is 304 g/mol. The number of benzene rings is 1. The molecular formula is C18H28N2O2. The number of amides is 2. The topological polar surface area (TPSA) is 49.4 Å². The van der Waals surface area contributed by atoms with Crippen LogP contribution in [0.15, 0.2) is 18.2 Å². The largest absolute Gasteiger partial charge is 0.356 e. The first kappa shape index (κ1) is 18.2. The second-order valence-corrected chi connectivity index (χ2v) is 5.70. The van der Waals surface area contributed by atoms with Gasteiger partial charge < -0.3 is 10.2 Å². The van der Waals surface area contributed by atoms with Crippen LogP contribution in [0.2, 0.25) is 0 Å². The van der Waals surface area contributed by atoms with Crippen LogP contribution in [0.1, 0.15) is 50.7 Å². The molecule has 0 aliphatic rings. The Balaban J connectivity index is 2.60. The van der Waals surface area contributed by atoms with Crippen LogP contribution in [0.5, 0.6) is 0 Å². The van der Waals surface area contributed by atoms with Gasteiger partial charge in [0.05, 0.1) is 0 Å². The molecule has 1 rings (SSSR count). The maximum atomic E-state index is 11.9. The van der Waals surface area contributed by atoms with Gasteiger partial charge in [-0.1, -0.05) is 31.9 Å². The highest BCUT2D eigenvalue weighted by Crippen LogP contribution is 2.23. The molecule has 122 valence electrons. The van der Waals surface area contributed by atoms with Crippen molar-refractivity contribution in [3.63, 3.8) is 0 Å². The summed E-state index contributed by atoms with van der Waals surface area (Å²) in [6.07, 6.45) is 3.61. The van der Waals surface area contributed by atoms with Gasteiger partial charge in [0, 0.05) is 32.1 Å². The Hall–Kier alpha value is -1.84. The summed E-state index contributed by atoms with van der Waals surface area (Å²) >= 11 is 0. The fraction of sp³-hybridized carbons (Fsp3) is 0.556. The van der Waals surface area contributed by atoms with Crippen LogP contribution in [-0.2, 0) is 9.59 Å². The van der Waals surface area contributed by atoms with Gasteiger partial charge in [-0.05, 0) is 37.5 Å². The van der Waals surface area contributed by atoms with Crippen molar-refractivity contribution in [2.45, 2.75) is 53.4 Å². The Morgan fingerprint density at radius 1 is 1.18 bits per heavy atom. The summed E-state index contributed by atoms with van der Waals surface area (Å²) in [6.45, 7) is 8.84. The third-order valence-corrected chi connectivity index (χ3v) is 3.91. The van der Waals surface area contributed by atoms with Gasteiger partial charge >= 0.3 is 0 Å². The average Bonchev–Trinajstić information content (AvgIpc) is 2.47. The molecule has 0 aliphatic carbocycles. The molecular weight excluding hydrogens is 276 g/mol. The van der Waals surface area contributed by atoms with Crippen molar-refractivity contribution >= 4 is 17.5 Å². The van der Waals surface area contributed by atoms with Crippen LogP contribution in [0.3, 0.4) is 0 Å². The van der Waals surface area contributed by atoms with Crippen molar-refractivity contribution in [3.8, 4) is 0 Å². The van der Waals surface area contributed by atoms with E-state index < -0.39 is 0 Å². The molecule has 1 N–H and O–H groups in total. The van der Waals surface area contributed by atoms with Gasteiger partial charge in [0.1, 0.15) is 0 Å². The SMILES string of the molecule is CCCCCNC(=O)CCN(C(C)=O)c1cccc(C)c1C. The molecule has 0 heterocycles. The third kappa shape index (κ3) is 5.51. The normalized spacial score (nSPS) is 10.4. The summed E-state index contributed by atoms with van der Waals surface area (Å²) in [5, 5.41) is 2.91. The maximum absolute atomic E-state index is 11.9. The van der Waals surface area contributed by atoms with E-state index in [1.807, 2.05) is 32.0 Å². The molecule has 0 atom stereocenters. The zero-order valence-electron chi connectivity index (χ0n) is 14.2. The van der Waals surface area contributed by atoms with E-state index in [0.29, 0.717) is 13.0 Å². The number of unbranched alkanes of at least 4 members (excludes halogenated alkanes) is 2. The van der Waals surface area contributed by atoms with Gasteiger partial charge in [0.25, 0.3) is 0 Å². The van der Waals surface area contributed by atoms with Crippen LogP contribution in [0.4, 0.5) is 5.69 Å². The average molecular weight is 304 g/mol. The zero-order chi connectivity index (χ0) is 16.5. The molecule has 4 heteroatoms. The number of carbonyl (C=O) groups excluding carboxylic acids is 2. The van der Waals surface area contributed by atoms with Crippen LogP contribution in [-0.4, -0.2) is 24.9 Å². The Morgan fingerprint density at radius 2 is 1.91 bits per heavy atom. The highest BCUT2D eigenvalue weighted by Gasteiger charge is 2.15. The van der Waals surface area contributed by atoms with Crippen molar-refractivity contribution < 1.29 is 9.59 Å². The predicted molar refractivity (Wildman–Crippen MR) is 91.1 cm³/mol. The summed E-state index contributed by atoms with van der Waals surface area (Å²) in [6, 6.07) is 5.90. The van der Waals surface area contributed by atoms with Crippen molar-refractivity contribution in [1.29, 1.82) is 0 Å². The summed E-state index contributed by atoms with van der Waals surface area (Å²) in [7, 11) is 0. The Kier molecular flexibility index (Phi) is 7.64. The lowest BCUT2D eigenvalue weighted by atomic mass is 10.1. The van der Waals surface area contributed by atoms with Crippen LogP contribution >= 0.6 is 0 Å². The maximum Gasteiger partial charge on any atom is 0.223 e. The van der Waals surface area contributed by atoms with Gasteiger partial charge in [-0.15, -0.1) is 0 Å². The quantitative estimate of drug-likeness (QED) is 0.749. The fourth-order valence-corrected chi connectivity index (χ4v) is 2.38. The zero-order valence-corrected chi connectivity index (χ0v) is 14.2. The second-order valence-electron chi connectivity index (χ2n) is 5.70. The van der Waals surface area contributed by atoms with E-state index in [-0.39, 0.29) is 11.8 Å². The summed E-state index contributed by atoms with van der Waals surface area (Å²) < 4.78 is 0. The summed E-state index contributed by atoms with van der Waals surface area (Å²) in [4.78, 5) is 25.5. The number of aryl methyl sites for hydroxylation is 1. The minimum absolute atomic E-state index is 0.00709. The molecule has 0 radical (unpaired) electrons. The van der Waals surface area contributed by atoms with E-state index in [9.17, 15) is 9.59 Å². The molecule has 0 bridgehead atoms. The highest BCUT2D eigenvalue weighted by molar-refractivity contribution is 5.93. The molecule has 2 amide bonds. The first-order valence-corrected chi connectivity index (χ1v) is 8.08. The van der Waals surface area contributed by atoms with Gasteiger partial charge in [-0.2, -0.15) is 0 Å². The molecule has 0 fully saturated rings. The summed E-state index contributed by atoms with van der Waals surface area (Å²) in [5.74, 6) is -0.0276. The summed E-state index contributed by atoms with van der Waals surface area (Å²) in [5.41, 5.74) is 3.13.